The lowest BCUT2D eigenvalue weighted by atomic mass is 10.1. The average molecular weight is 343 g/mol. The van der Waals surface area contributed by atoms with E-state index in [2.05, 4.69) is 76.6 Å². The van der Waals surface area contributed by atoms with Gasteiger partial charge in [0, 0.05) is 15.6 Å². The summed E-state index contributed by atoms with van der Waals surface area (Å²) in [7, 11) is 0. The fourth-order valence-electron chi connectivity index (χ4n) is 2.16. The van der Waals surface area contributed by atoms with Crippen LogP contribution in [0.4, 0.5) is 0 Å². The van der Waals surface area contributed by atoms with Crippen molar-refractivity contribution in [3.05, 3.63) is 34.1 Å². The Morgan fingerprint density at radius 1 is 1.21 bits per heavy atom. The molecule has 1 aromatic carbocycles. The van der Waals surface area contributed by atoms with Crippen molar-refractivity contribution in [2.75, 3.05) is 0 Å². The summed E-state index contributed by atoms with van der Waals surface area (Å²) in [6.07, 6.45) is 0. The molecule has 0 bridgehead atoms. The van der Waals surface area contributed by atoms with Crippen LogP contribution in [-0.2, 0) is 11.4 Å². The van der Waals surface area contributed by atoms with Gasteiger partial charge in [-0.1, -0.05) is 15.9 Å². The summed E-state index contributed by atoms with van der Waals surface area (Å²) in [5.74, 6) is 2.01. The molecule has 0 N–H and O–H groups in total. The maximum absolute atomic E-state index is 5.97. The van der Waals surface area contributed by atoms with Gasteiger partial charge in [0.15, 0.2) is 5.82 Å². The van der Waals surface area contributed by atoms with Crippen molar-refractivity contribution in [1.82, 2.24) is 14.8 Å². The van der Waals surface area contributed by atoms with Crippen molar-refractivity contribution >= 4 is 27.5 Å². The summed E-state index contributed by atoms with van der Waals surface area (Å²) in [6, 6.07) is 6.23. The minimum Gasteiger partial charge on any atom is -0.305 e. The van der Waals surface area contributed by atoms with E-state index >= 15 is 0 Å². The van der Waals surface area contributed by atoms with Crippen molar-refractivity contribution in [2.24, 2.45) is 0 Å². The third kappa shape index (κ3) is 3.00. The summed E-state index contributed by atoms with van der Waals surface area (Å²) >= 11 is 9.49. The molecule has 19 heavy (non-hydrogen) atoms. The number of hydrogen-bond donors (Lipinski definition) is 0. The molecule has 0 radical (unpaired) electrons. The van der Waals surface area contributed by atoms with Gasteiger partial charge in [-0.05, 0) is 51.5 Å². The Morgan fingerprint density at radius 2 is 1.89 bits per heavy atom. The smallest absolute Gasteiger partial charge is 0.164 e. The van der Waals surface area contributed by atoms with Crippen LogP contribution in [0.15, 0.2) is 22.7 Å². The van der Waals surface area contributed by atoms with Crippen molar-refractivity contribution in [3.8, 4) is 11.4 Å². The summed E-state index contributed by atoms with van der Waals surface area (Å²) in [5.41, 5.74) is 2.12. The highest BCUT2D eigenvalue weighted by molar-refractivity contribution is 9.10. The van der Waals surface area contributed by atoms with Crippen LogP contribution in [0, 0.1) is 6.92 Å². The molecular formula is C14H17BrClN3. The van der Waals surface area contributed by atoms with Gasteiger partial charge in [-0.2, -0.15) is 0 Å². The van der Waals surface area contributed by atoms with Crippen LogP contribution in [-0.4, -0.2) is 14.8 Å². The van der Waals surface area contributed by atoms with Crippen molar-refractivity contribution in [2.45, 2.75) is 39.1 Å². The Kier molecular flexibility index (Phi) is 4.02. The van der Waals surface area contributed by atoms with Gasteiger partial charge in [-0.25, -0.2) is 0 Å². The monoisotopic (exact) mass is 341 g/mol. The Bertz CT molecular complexity index is 579. The number of rotatable bonds is 2. The van der Waals surface area contributed by atoms with Crippen LogP contribution < -0.4 is 0 Å². The molecule has 102 valence electrons. The van der Waals surface area contributed by atoms with Crippen molar-refractivity contribution < 1.29 is 0 Å². The molecule has 0 saturated carbocycles. The van der Waals surface area contributed by atoms with Crippen molar-refractivity contribution in [1.29, 1.82) is 0 Å². The number of benzene rings is 1. The zero-order valence-electron chi connectivity index (χ0n) is 11.5. The molecule has 1 heterocycles. The average Bonchev–Trinajstić information content (AvgIpc) is 2.70. The first-order chi connectivity index (χ1) is 8.82. The molecular weight excluding hydrogens is 326 g/mol. The summed E-state index contributed by atoms with van der Waals surface area (Å²) in [6.45, 7) is 8.44. The molecule has 0 unspecified atom stereocenters. The molecule has 0 aliphatic rings. The van der Waals surface area contributed by atoms with E-state index in [1.54, 1.807) is 0 Å². The molecule has 0 atom stereocenters. The Labute approximate surface area is 127 Å². The van der Waals surface area contributed by atoms with Gasteiger partial charge < -0.3 is 4.57 Å². The van der Waals surface area contributed by atoms with E-state index in [1.165, 1.54) is 5.56 Å². The largest absolute Gasteiger partial charge is 0.305 e. The first-order valence-electron chi connectivity index (χ1n) is 6.11. The zero-order valence-corrected chi connectivity index (χ0v) is 13.9. The standard InChI is InChI=1S/C14H17BrClN3/c1-9-5-10(7-11(15)6-9)13-18-17-12(8-16)19(13)14(2,3)4/h5-7H,8H2,1-4H3. The second kappa shape index (κ2) is 5.25. The topological polar surface area (TPSA) is 30.7 Å². The van der Waals surface area contributed by atoms with E-state index in [-0.39, 0.29) is 5.54 Å². The summed E-state index contributed by atoms with van der Waals surface area (Å²) in [5, 5.41) is 8.52. The minimum absolute atomic E-state index is 0.112. The first-order valence-corrected chi connectivity index (χ1v) is 7.44. The van der Waals surface area contributed by atoms with E-state index < -0.39 is 0 Å². The van der Waals surface area contributed by atoms with Crippen molar-refractivity contribution in [3.63, 3.8) is 0 Å². The van der Waals surface area contributed by atoms with Crippen LogP contribution in [0.2, 0.25) is 0 Å². The highest BCUT2D eigenvalue weighted by Crippen LogP contribution is 2.29. The van der Waals surface area contributed by atoms with Crippen LogP contribution in [0.3, 0.4) is 0 Å². The number of nitrogens with zero attached hydrogens (tertiary/aromatic N) is 3. The molecule has 2 aromatic rings. The third-order valence-electron chi connectivity index (χ3n) is 2.82. The summed E-state index contributed by atoms with van der Waals surface area (Å²) in [4.78, 5) is 0. The Balaban J connectivity index is 2.66. The van der Waals surface area contributed by atoms with E-state index in [1.807, 2.05) is 0 Å². The Hall–Kier alpha value is -0.870. The fourth-order valence-corrected chi connectivity index (χ4v) is 2.94. The van der Waals surface area contributed by atoms with Gasteiger partial charge in [0.05, 0.1) is 5.88 Å². The van der Waals surface area contributed by atoms with E-state index in [0.29, 0.717) is 5.88 Å². The predicted molar refractivity (Wildman–Crippen MR) is 82.4 cm³/mol. The minimum atomic E-state index is -0.112. The predicted octanol–water partition coefficient (Wildman–Crippen LogP) is 4.51. The van der Waals surface area contributed by atoms with Gasteiger partial charge in [0.1, 0.15) is 5.82 Å². The van der Waals surface area contributed by atoms with E-state index in [4.69, 9.17) is 11.6 Å². The first kappa shape index (κ1) is 14.5. The molecule has 0 aliphatic heterocycles. The molecule has 1 aromatic heterocycles. The number of aryl methyl sites for hydroxylation is 1. The highest BCUT2D eigenvalue weighted by atomic mass is 79.9. The van der Waals surface area contributed by atoms with Crippen LogP contribution in [0.25, 0.3) is 11.4 Å². The van der Waals surface area contributed by atoms with E-state index in [0.717, 1.165) is 21.7 Å². The molecule has 5 heteroatoms. The summed E-state index contributed by atoms with van der Waals surface area (Å²) < 4.78 is 3.14. The lowest BCUT2D eigenvalue weighted by molar-refractivity contribution is 0.390. The van der Waals surface area contributed by atoms with Crippen LogP contribution in [0.1, 0.15) is 32.2 Å². The number of aromatic nitrogens is 3. The van der Waals surface area contributed by atoms with Gasteiger partial charge in [0.2, 0.25) is 0 Å². The quantitative estimate of drug-likeness (QED) is 0.752. The number of hydrogen-bond acceptors (Lipinski definition) is 2. The van der Waals surface area contributed by atoms with E-state index in [9.17, 15) is 0 Å². The fraction of sp³-hybridized carbons (Fsp3) is 0.429. The zero-order chi connectivity index (χ0) is 14.2. The molecule has 0 fully saturated rings. The SMILES string of the molecule is Cc1cc(Br)cc(-c2nnc(CCl)n2C(C)(C)C)c1. The third-order valence-corrected chi connectivity index (χ3v) is 3.52. The Morgan fingerprint density at radius 3 is 2.42 bits per heavy atom. The lowest BCUT2D eigenvalue weighted by Gasteiger charge is -2.24. The molecule has 3 nitrogen and oxygen atoms in total. The number of alkyl halides is 1. The second-order valence-electron chi connectivity index (χ2n) is 5.60. The van der Waals surface area contributed by atoms with Crippen LogP contribution in [0.5, 0.6) is 0 Å². The van der Waals surface area contributed by atoms with Gasteiger partial charge in [-0.3, -0.25) is 0 Å². The van der Waals surface area contributed by atoms with Gasteiger partial charge >= 0.3 is 0 Å². The maximum atomic E-state index is 5.97. The lowest BCUT2D eigenvalue weighted by Crippen LogP contribution is -2.24. The molecule has 0 spiro atoms. The molecule has 0 aliphatic carbocycles. The highest BCUT2D eigenvalue weighted by Gasteiger charge is 2.23. The normalized spacial score (nSPS) is 11.9. The second-order valence-corrected chi connectivity index (χ2v) is 6.78. The van der Waals surface area contributed by atoms with Crippen LogP contribution >= 0.6 is 27.5 Å². The van der Waals surface area contributed by atoms with Gasteiger partial charge in [-0.15, -0.1) is 21.8 Å². The number of halogens is 2. The molecule has 0 amide bonds. The van der Waals surface area contributed by atoms with Gasteiger partial charge in [0.25, 0.3) is 0 Å². The maximum Gasteiger partial charge on any atom is 0.164 e. The molecule has 0 saturated heterocycles. The molecule has 2 rings (SSSR count).